The van der Waals surface area contributed by atoms with E-state index in [-0.39, 0.29) is 15.7 Å². The Morgan fingerprint density at radius 1 is 1.02 bits per heavy atom. The van der Waals surface area contributed by atoms with E-state index in [2.05, 4.69) is 58.1 Å². The van der Waals surface area contributed by atoms with Crippen LogP contribution >= 0.6 is 11.6 Å². The topological polar surface area (TPSA) is 100 Å². The van der Waals surface area contributed by atoms with Crippen molar-refractivity contribution in [2.75, 3.05) is 24.1 Å². The van der Waals surface area contributed by atoms with Crippen LogP contribution in [0.1, 0.15) is 43.9 Å². The third kappa shape index (κ3) is 6.06. The lowest BCUT2D eigenvalue weighted by Gasteiger charge is -2.33. The standard InChI is InChI=1S/C30H35ClN6O2S/c1-5-20-16-21(17-22-18-32-30(35-29(20)22)34-23-10-12-24(13-11-23)37(3)4)25-14-15-28(33-19(25)2)36-40(38,39)27-9-7-6-8-26(27)31/h6-9,14-18,23-24H,5,10-13H2,1-4H3,(H,33,36)(H,32,34,35)/t23-,24-. The maximum Gasteiger partial charge on any atom is 0.264 e. The van der Waals surface area contributed by atoms with E-state index < -0.39 is 10.0 Å². The minimum atomic E-state index is -3.87. The molecule has 0 saturated heterocycles. The highest BCUT2D eigenvalue weighted by Crippen LogP contribution is 2.31. The number of nitrogens with zero attached hydrogens (tertiary/aromatic N) is 4. The summed E-state index contributed by atoms with van der Waals surface area (Å²) in [5, 5.41) is 4.68. The molecule has 0 spiro atoms. The van der Waals surface area contributed by atoms with Gasteiger partial charge in [0.1, 0.15) is 10.7 Å². The fourth-order valence-corrected chi connectivity index (χ4v) is 6.93. The van der Waals surface area contributed by atoms with Gasteiger partial charge in [-0.3, -0.25) is 4.72 Å². The molecule has 4 aromatic rings. The third-order valence-electron chi connectivity index (χ3n) is 7.67. The maximum atomic E-state index is 12.9. The van der Waals surface area contributed by atoms with Crippen molar-refractivity contribution in [3.05, 3.63) is 71.0 Å². The van der Waals surface area contributed by atoms with Gasteiger partial charge in [-0.05, 0) is 101 Å². The molecule has 0 atom stereocenters. The number of fused-ring (bicyclic) bond motifs is 1. The Hall–Kier alpha value is -3.27. The van der Waals surface area contributed by atoms with E-state index >= 15 is 0 Å². The molecule has 5 rings (SSSR count). The molecule has 210 valence electrons. The number of nitrogens with one attached hydrogen (secondary N) is 2. The molecule has 0 amide bonds. The van der Waals surface area contributed by atoms with Crippen molar-refractivity contribution in [2.45, 2.75) is 62.9 Å². The zero-order valence-corrected chi connectivity index (χ0v) is 24.9. The molecule has 1 aliphatic carbocycles. The first-order valence-electron chi connectivity index (χ1n) is 13.6. The van der Waals surface area contributed by atoms with Crippen LogP contribution in [0.25, 0.3) is 22.0 Å². The lowest BCUT2D eigenvalue weighted by Crippen LogP contribution is -2.36. The highest BCUT2D eigenvalue weighted by Gasteiger charge is 2.23. The Morgan fingerprint density at radius 3 is 2.45 bits per heavy atom. The molecule has 0 radical (unpaired) electrons. The van der Waals surface area contributed by atoms with Gasteiger partial charge < -0.3 is 10.2 Å². The van der Waals surface area contributed by atoms with Crippen LogP contribution in [0.5, 0.6) is 0 Å². The van der Waals surface area contributed by atoms with Gasteiger partial charge in [0.2, 0.25) is 5.95 Å². The number of anilines is 2. The number of pyridine rings is 1. The van der Waals surface area contributed by atoms with E-state index in [4.69, 9.17) is 16.6 Å². The second-order valence-electron chi connectivity index (χ2n) is 10.6. The molecular formula is C30H35ClN6O2S. The number of hydrogen-bond acceptors (Lipinski definition) is 7. The van der Waals surface area contributed by atoms with E-state index in [1.807, 2.05) is 19.2 Å². The van der Waals surface area contributed by atoms with Crippen LogP contribution in [0, 0.1) is 6.92 Å². The normalized spacial score (nSPS) is 17.8. The van der Waals surface area contributed by atoms with Gasteiger partial charge in [0.15, 0.2) is 0 Å². The van der Waals surface area contributed by atoms with Crippen LogP contribution in [0.2, 0.25) is 5.02 Å². The van der Waals surface area contributed by atoms with E-state index in [9.17, 15) is 8.42 Å². The van der Waals surface area contributed by atoms with Crippen LogP contribution in [-0.2, 0) is 16.4 Å². The first kappa shape index (κ1) is 28.3. The number of aryl methyl sites for hydroxylation is 2. The summed E-state index contributed by atoms with van der Waals surface area (Å²) < 4.78 is 28.3. The molecule has 1 aliphatic rings. The Morgan fingerprint density at radius 2 is 1.77 bits per heavy atom. The fourth-order valence-electron chi connectivity index (χ4n) is 5.41. The summed E-state index contributed by atoms with van der Waals surface area (Å²) in [7, 11) is 0.439. The summed E-state index contributed by atoms with van der Waals surface area (Å²) >= 11 is 6.11. The van der Waals surface area contributed by atoms with Crippen LogP contribution < -0.4 is 10.0 Å². The van der Waals surface area contributed by atoms with Gasteiger partial charge in [-0.15, -0.1) is 0 Å². The third-order valence-corrected chi connectivity index (χ3v) is 9.52. The summed E-state index contributed by atoms with van der Waals surface area (Å²) in [4.78, 5) is 16.4. The Kier molecular flexibility index (Phi) is 8.26. The monoisotopic (exact) mass is 578 g/mol. The smallest absolute Gasteiger partial charge is 0.264 e. The molecular weight excluding hydrogens is 544 g/mol. The van der Waals surface area contributed by atoms with Gasteiger partial charge in [0, 0.05) is 34.9 Å². The van der Waals surface area contributed by atoms with Crippen LogP contribution in [0.4, 0.5) is 11.8 Å². The van der Waals surface area contributed by atoms with E-state index in [0.717, 1.165) is 46.9 Å². The second-order valence-corrected chi connectivity index (χ2v) is 12.7. The fraction of sp³-hybridized carbons (Fsp3) is 0.367. The van der Waals surface area contributed by atoms with Gasteiger partial charge in [0.25, 0.3) is 10.0 Å². The first-order valence-corrected chi connectivity index (χ1v) is 15.5. The van der Waals surface area contributed by atoms with Crippen molar-refractivity contribution in [3.63, 3.8) is 0 Å². The predicted octanol–water partition coefficient (Wildman–Crippen LogP) is 6.30. The SMILES string of the molecule is CCc1cc(-c2ccc(NS(=O)(=O)c3ccccc3Cl)nc2C)cc2cnc(N[C@H]3CC[C@H](N(C)C)CC3)nc12. The summed E-state index contributed by atoms with van der Waals surface area (Å²) in [5.74, 6) is 0.910. The number of benzene rings is 2. The quantitative estimate of drug-likeness (QED) is 0.253. The summed E-state index contributed by atoms with van der Waals surface area (Å²) in [6.07, 6.45) is 7.27. The van der Waals surface area contributed by atoms with Gasteiger partial charge in [-0.2, -0.15) is 0 Å². The van der Waals surface area contributed by atoms with Crippen molar-refractivity contribution < 1.29 is 8.42 Å². The Labute approximate surface area is 241 Å². The van der Waals surface area contributed by atoms with Crippen molar-refractivity contribution in [3.8, 4) is 11.1 Å². The molecule has 10 heteroatoms. The molecule has 2 aromatic heterocycles. The van der Waals surface area contributed by atoms with Crippen molar-refractivity contribution in [1.29, 1.82) is 0 Å². The van der Waals surface area contributed by atoms with E-state index in [0.29, 0.717) is 23.7 Å². The predicted molar refractivity (Wildman–Crippen MR) is 162 cm³/mol. The first-order chi connectivity index (χ1) is 19.1. The molecule has 8 nitrogen and oxygen atoms in total. The number of sulfonamides is 1. The summed E-state index contributed by atoms with van der Waals surface area (Å²) in [6.45, 7) is 3.99. The van der Waals surface area contributed by atoms with Gasteiger partial charge in [-0.1, -0.05) is 30.7 Å². The molecule has 0 aliphatic heterocycles. The lowest BCUT2D eigenvalue weighted by atomic mass is 9.90. The number of halogens is 1. The van der Waals surface area contributed by atoms with Crippen LogP contribution in [0.3, 0.4) is 0 Å². The zero-order chi connectivity index (χ0) is 28.4. The Balaban J connectivity index is 1.37. The molecule has 2 aromatic carbocycles. The van der Waals surface area contributed by atoms with Crippen molar-refractivity contribution in [1.82, 2.24) is 19.9 Å². The Bertz CT molecular complexity index is 1640. The van der Waals surface area contributed by atoms with Crippen LogP contribution in [-0.4, -0.2) is 54.4 Å². The molecule has 2 heterocycles. The molecule has 40 heavy (non-hydrogen) atoms. The molecule has 2 N–H and O–H groups in total. The highest BCUT2D eigenvalue weighted by molar-refractivity contribution is 7.92. The number of rotatable bonds is 8. The largest absolute Gasteiger partial charge is 0.351 e. The lowest BCUT2D eigenvalue weighted by molar-refractivity contribution is 0.221. The minimum Gasteiger partial charge on any atom is -0.351 e. The molecule has 1 saturated carbocycles. The number of aromatic nitrogens is 3. The van der Waals surface area contributed by atoms with Gasteiger partial charge >= 0.3 is 0 Å². The maximum absolute atomic E-state index is 12.9. The van der Waals surface area contributed by atoms with E-state index in [1.165, 1.54) is 18.9 Å². The van der Waals surface area contributed by atoms with Crippen molar-refractivity contribution >= 4 is 44.3 Å². The second kappa shape index (κ2) is 11.7. The number of hydrogen-bond donors (Lipinski definition) is 2. The van der Waals surface area contributed by atoms with Gasteiger partial charge in [0.05, 0.1) is 10.5 Å². The van der Waals surface area contributed by atoms with Crippen LogP contribution in [0.15, 0.2) is 59.6 Å². The average molecular weight is 579 g/mol. The highest BCUT2D eigenvalue weighted by atomic mass is 35.5. The molecule has 0 unspecified atom stereocenters. The van der Waals surface area contributed by atoms with E-state index in [1.54, 1.807) is 24.3 Å². The zero-order valence-electron chi connectivity index (χ0n) is 23.3. The molecule has 0 bridgehead atoms. The van der Waals surface area contributed by atoms with Gasteiger partial charge in [-0.25, -0.2) is 23.4 Å². The molecule has 1 fully saturated rings. The summed E-state index contributed by atoms with van der Waals surface area (Å²) in [5.41, 5.74) is 4.67. The van der Waals surface area contributed by atoms with Crippen molar-refractivity contribution in [2.24, 2.45) is 0 Å². The minimum absolute atomic E-state index is 0.0115. The summed E-state index contributed by atoms with van der Waals surface area (Å²) in [6, 6.07) is 15.1. The average Bonchev–Trinajstić information content (AvgIpc) is 2.93.